The number of hydrogen-bond acceptors (Lipinski definition) is 2. The van der Waals surface area contributed by atoms with Gasteiger partial charge in [-0.2, -0.15) is 0 Å². The molecule has 0 radical (unpaired) electrons. The summed E-state index contributed by atoms with van der Waals surface area (Å²) in [5, 5.41) is 9.91. The highest BCUT2D eigenvalue weighted by atomic mass is 16.5. The van der Waals surface area contributed by atoms with Crippen molar-refractivity contribution in [1.29, 1.82) is 0 Å². The van der Waals surface area contributed by atoms with Crippen LogP contribution < -0.4 is 0 Å². The molecule has 1 rings (SSSR count). The predicted octanol–water partition coefficient (Wildman–Crippen LogP) is 3.23. The van der Waals surface area contributed by atoms with Crippen LogP contribution in [0.15, 0.2) is 0 Å². The largest absolute Gasteiger partial charge is 0.390 e. The topological polar surface area (TPSA) is 29.5 Å². The van der Waals surface area contributed by atoms with E-state index in [-0.39, 0.29) is 12.2 Å². The SMILES string of the molecule is CC(C)CCOC1CC(C(C)C)CCC1O. The molecule has 96 valence electrons. The van der Waals surface area contributed by atoms with Crippen LogP contribution in [-0.4, -0.2) is 23.9 Å². The maximum absolute atomic E-state index is 9.91. The summed E-state index contributed by atoms with van der Waals surface area (Å²) in [4.78, 5) is 0. The lowest BCUT2D eigenvalue weighted by Gasteiger charge is -2.35. The van der Waals surface area contributed by atoms with Crippen molar-refractivity contribution in [2.75, 3.05) is 6.61 Å². The molecule has 0 aromatic carbocycles. The van der Waals surface area contributed by atoms with Crippen molar-refractivity contribution in [1.82, 2.24) is 0 Å². The lowest BCUT2D eigenvalue weighted by Crippen LogP contribution is -2.37. The monoisotopic (exact) mass is 228 g/mol. The minimum atomic E-state index is -0.234. The second-order valence-electron chi connectivity index (χ2n) is 5.98. The van der Waals surface area contributed by atoms with Gasteiger partial charge in [0.25, 0.3) is 0 Å². The van der Waals surface area contributed by atoms with E-state index in [1.54, 1.807) is 0 Å². The highest BCUT2D eigenvalue weighted by molar-refractivity contribution is 4.81. The number of aliphatic hydroxyl groups excluding tert-OH is 1. The maximum atomic E-state index is 9.91. The fourth-order valence-corrected chi connectivity index (χ4v) is 2.38. The number of hydrogen-bond donors (Lipinski definition) is 1. The molecule has 3 atom stereocenters. The number of ether oxygens (including phenoxy) is 1. The third-order valence-electron chi connectivity index (χ3n) is 3.77. The van der Waals surface area contributed by atoms with E-state index in [0.717, 1.165) is 38.2 Å². The molecule has 0 bridgehead atoms. The second kappa shape index (κ2) is 6.61. The van der Waals surface area contributed by atoms with Crippen LogP contribution in [0.1, 0.15) is 53.4 Å². The Labute approximate surface area is 100 Å². The highest BCUT2D eigenvalue weighted by Crippen LogP contribution is 2.31. The van der Waals surface area contributed by atoms with Crippen molar-refractivity contribution >= 4 is 0 Å². The average molecular weight is 228 g/mol. The molecule has 0 saturated heterocycles. The molecule has 1 fully saturated rings. The van der Waals surface area contributed by atoms with Crippen LogP contribution in [0.4, 0.5) is 0 Å². The van der Waals surface area contributed by atoms with Crippen LogP contribution >= 0.6 is 0 Å². The van der Waals surface area contributed by atoms with Crippen molar-refractivity contribution < 1.29 is 9.84 Å². The molecule has 0 aromatic heterocycles. The Hall–Kier alpha value is -0.0800. The Morgan fingerprint density at radius 2 is 1.88 bits per heavy atom. The Kier molecular flexibility index (Phi) is 5.77. The van der Waals surface area contributed by atoms with Crippen molar-refractivity contribution in [3.63, 3.8) is 0 Å². The normalized spacial score (nSPS) is 31.3. The van der Waals surface area contributed by atoms with Crippen LogP contribution in [0.2, 0.25) is 0 Å². The Morgan fingerprint density at radius 3 is 2.44 bits per heavy atom. The summed E-state index contributed by atoms with van der Waals surface area (Å²) in [6.45, 7) is 9.75. The van der Waals surface area contributed by atoms with Crippen LogP contribution in [0, 0.1) is 17.8 Å². The molecule has 2 nitrogen and oxygen atoms in total. The Morgan fingerprint density at radius 1 is 1.19 bits per heavy atom. The van der Waals surface area contributed by atoms with Gasteiger partial charge in [0.05, 0.1) is 12.2 Å². The average Bonchev–Trinajstić information content (AvgIpc) is 2.20. The third kappa shape index (κ3) is 4.42. The first-order chi connectivity index (χ1) is 7.50. The smallest absolute Gasteiger partial charge is 0.0836 e. The van der Waals surface area contributed by atoms with E-state index < -0.39 is 0 Å². The van der Waals surface area contributed by atoms with Gasteiger partial charge in [0.15, 0.2) is 0 Å². The van der Waals surface area contributed by atoms with Crippen molar-refractivity contribution in [3.05, 3.63) is 0 Å². The van der Waals surface area contributed by atoms with Gasteiger partial charge in [-0.3, -0.25) is 0 Å². The van der Waals surface area contributed by atoms with Gasteiger partial charge < -0.3 is 9.84 Å². The molecule has 3 unspecified atom stereocenters. The summed E-state index contributed by atoms with van der Waals surface area (Å²) < 4.78 is 5.84. The van der Waals surface area contributed by atoms with Gasteiger partial charge >= 0.3 is 0 Å². The van der Waals surface area contributed by atoms with E-state index in [1.807, 2.05) is 0 Å². The second-order valence-corrected chi connectivity index (χ2v) is 5.98. The van der Waals surface area contributed by atoms with E-state index in [4.69, 9.17) is 4.74 Å². The standard InChI is InChI=1S/C14H28O2/c1-10(2)7-8-16-14-9-12(11(3)4)5-6-13(14)15/h10-15H,5-9H2,1-4H3. The minimum absolute atomic E-state index is 0.0832. The van der Waals surface area contributed by atoms with Gasteiger partial charge in [-0.25, -0.2) is 0 Å². The van der Waals surface area contributed by atoms with Gasteiger partial charge in [0.2, 0.25) is 0 Å². The van der Waals surface area contributed by atoms with Gasteiger partial charge in [0.1, 0.15) is 0 Å². The summed E-state index contributed by atoms with van der Waals surface area (Å²) in [6.07, 6.45) is 4.05. The molecule has 16 heavy (non-hydrogen) atoms. The molecule has 0 amide bonds. The van der Waals surface area contributed by atoms with Gasteiger partial charge in [-0.05, 0) is 43.4 Å². The molecule has 0 heterocycles. The molecule has 0 spiro atoms. The molecule has 0 aliphatic heterocycles. The molecule has 1 aliphatic rings. The van der Waals surface area contributed by atoms with Crippen LogP contribution in [0.3, 0.4) is 0 Å². The Bertz CT molecular complexity index is 189. The lowest BCUT2D eigenvalue weighted by molar-refractivity contribution is -0.0782. The fourth-order valence-electron chi connectivity index (χ4n) is 2.38. The van der Waals surface area contributed by atoms with E-state index >= 15 is 0 Å². The summed E-state index contributed by atoms with van der Waals surface area (Å²) in [5.74, 6) is 2.12. The van der Waals surface area contributed by atoms with Gasteiger partial charge in [-0.1, -0.05) is 27.7 Å². The highest BCUT2D eigenvalue weighted by Gasteiger charge is 2.31. The first-order valence-corrected chi connectivity index (χ1v) is 6.80. The van der Waals surface area contributed by atoms with Gasteiger partial charge in [-0.15, -0.1) is 0 Å². The summed E-state index contributed by atoms with van der Waals surface area (Å²) in [5.41, 5.74) is 0. The van der Waals surface area contributed by atoms with Crippen molar-refractivity contribution in [2.45, 2.75) is 65.6 Å². The van der Waals surface area contributed by atoms with Crippen LogP contribution in [-0.2, 0) is 4.74 Å². The molecule has 0 aromatic rings. The lowest BCUT2D eigenvalue weighted by atomic mass is 9.79. The first kappa shape index (κ1) is 14.0. The number of aliphatic hydroxyl groups is 1. The third-order valence-corrected chi connectivity index (χ3v) is 3.77. The first-order valence-electron chi connectivity index (χ1n) is 6.80. The zero-order valence-corrected chi connectivity index (χ0v) is 11.3. The Balaban J connectivity index is 2.32. The number of rotatable bonds is 5. The minimum Gasteiger partial charge on any atom is -0.390 e. The zero-order valence-electron chi connectivity index (χ0n) is 11.3. The molecule has 1 N–H and O–H groups in total. The fraction of sp³-hybridized carbons (Fsp3) is 1.00. The quantitative estimate of drug-likeness (QED) is 0.783. The summed E-state index contributed by atoms with van der Waals surface area (Å²) in [7, 11) is 0. The van der Waals surface area contributed by atoms with E-state index in [1.165, 1.54) is 0 Å². The van der Waals surface area contributed by atoms with Crippen LogP contribution in [0.5, 0.6) is 0 Å². The van der Waals surface area contributed by atoms with E-state index in [2.05, 4.69) is 27.7 Å². The molecule has 1 saturated carbocycles. The summed E-state index contributed by atoms with van der Waals surface area (Å²) in [6, 6.07) is 0. The maximum Gasteiger partial charge on any atom is 0.0836 e. The van der Waals surface area contributed by atoms with E-state index in [0.29, 0.717) is 11.8 Å². The van der Waals surface area contributed by atoms with E-state index in [9.17, 15) is 5.11 Å². The van der Waals surface area contributed by atoms with Crippen molar-refractivity contribution in [2.24, 2.45) is 17.8 Å². The molecular weight excluding hydrogens is 200 g/mol. The molecular formula is C14H28O2. The molecule has 1 aliphatic carbocycles. The summed E-state index contributed by atoms with van der Waals surface area (Å²) >= 11 is 0. The van der Waals surface area contributed by atoms with Gasteiger partial charge in [0, 0.05) is 6.61 Å². The molecule has 2 heteroatoms. The zero-order chi connectivity index (χ0) is 12.1. The predicted molar refractivity (Wildman–Crippen MR) is 67.4 cm³/mol. The van der Waals surface area contributed by atoms with Crippen molar-refractivity contribution in [3.8, 4) is 0 Å². The van der Waals surface area contributed by atoms with Crippen LogP contribution in [0.25, 0.3) is 0 Å².